The molecule has 1 heterocycles. The van der Waals surface area contributed by atoms with Gasteiger partial charge in [-0.05, 0) is 28.8 Å². The first-order valence-electron chi connectivity index (χ1n) is 14.0. The molecule has 1 aliphatic heterocycles. The maximum absolute atomic E-state index is 15.2. The van der Waals surface area contributed by atoms with E-state index in [1.165, 1.54) is 7.11 Å². The topological polar surface area (TPSA) is 92.3 Å². The number of rotatable bonds is 9. The van der Waals surface area contributed by atoms with Gasteiger partial charge in [-0.1, -0.05) is 72.8 Å². The number of carbonyl (C=O) groups is 2. The van der Waals surface area contributed by atoms with Crippen molar-refractivity contribution in [1.29, 1.82) is 0 Å². The van der Waals surface area contributed by atoms with Crippen molar-refractivity contribution in [3.05, 3.63) is 119 Å². The van der Waals surface area contributed by atoms with Gasteiger partial charge in [0.2, 0.25) is 0 Å². The Balaban J connectivity index is 1.73. The van der Waals surface area contributed by atoms with Gasteiger partial charge in [-0.15, -0.1) is 0 Å². The van der Waals surface area contributed by atoms with Crippen LogP contribution in [0, 0.1) is 5.92 Å². The average Bonchev–Trinajstić information content (AvgIpc) is 3.48. The molecule has 8 heteroatoms. The van der Waals surface area contributed by atoms with Crippen LogP contribution in [0.2, 0.25) is 0 Å². The first-order valence-corrected chi connectivity index (χ1v) is 14.0. The number of ether oxygens (including phenoxy) is 5. The van der Waals surface area contributed by atoms with Gasteiger partial charge < -0.3 is 23.7 Å². The van der Waals surface area contributed by atoms with E-state index in [2.05, 4.69) is 5.32 Å². The number of benzene rings is 4. The number of hydrogen-bond acceptors (Lipinski definition) is 8. The number of nitrogens with one attached hydrogen (secondary N) is 1. The number of Topliss-reactive ketones (excluding diaryl/α,β-unsaturated/α-hetero) is 1. The molecule has 6 rings (SSSR count). The summed E-state index contributed by atoms with van der Waals surface area (Å²) in [6.45, 7) is 0.303. The Morgan fingerprint density at radius 1 is 0.814 bits per heavy atom. The fourth-order valence-corrected chi connectivity index (χ4v) is 6.84. The van der Waals surface area contributed by atoms with Crippen LogP contribution in [0.15, 0.2) is 97.1 Å². The van der Waals surface area contributed by atoms with Gasteiger partial charge in [-0.2, -0.15) is 0 Å². The number of ketones is 1. The van der Waals surface area contributed by atoms with E-state index in [1.54, 1.807) is 33.5 Å². The van der Waals surface area contributed by atoms with Crippen molar-refractivity contribution >= 4 is 11.8 Å². The Morgan fingerprint density at radius 2 is 1.47 bits per heavy atom. The molecule has 0 aromatic heterocycles. The van der Waals surface area contributed by atoms with Crippen molar-refractivity contribution in [2.24, 2.45) is 5.92 Å². The summed E-state index contributed by atoms with van der Waals surface area (Å²) < 4.78 is 29.4. The summed E-state index contributed by atoms with van der Waals surface area (Å²) in [4.78, 5) is 28.9. The molecule has 0 amide bonds. The maximum Gasteiger partial charge on any atom is 0.317 e. The molecule has 220 valence electrons. The Labute approximate surface area is 250 Å². The molecular formula is C35H33NO7. The van der Waals surface area contributed by atoms with E-state index in [-0.39, 0.29) is 5.78 Å². The predicted octanol–water partition coefficient (Wildman–Crippen LogP) is 5.14. The lowest BCUT2D eigenvalue weighted by atomic mass is 9.68. The molecule has 43 heavy (non-hydrogen) atoms. The minimum absolute atomic E-state index is 0.303. The van der Waals surface area contributed by atoms with Gasteiger partial charge in [0.15, 0.2) is 16.9 Å². The van der Waals surface area contributed by atoms with E-state index < -0.39 is 28.9 Å². The smallest absolute Gasteiger partial charge is 0.317 e. The maximum atomic E-state index is 15.2. The number of esters is 1. The standard InChI is InChI=1S/C35H33NO7/c1-39-25-17-15-24(16-18-25)35-30(23-13-9-6-10-14-23)29(33(38)42-4)32(37)34(35,36-21-22-11-7-5-8-12-22)31-27(41-3)19-26(40-2)20-28(31)43-35/h5-20,29-30,36H,21H2,1-4H3/t29-,30-,34+,35+/m1/s1. The largest absolute Gasteiger partial charge is 0.497 e. The summed E-state index contributed by atoms with van der Waals surface area (Å²) in [6, 6.07) is 30.2. The molecule has 0 spiro atoms. The van der Waals surface area contributed by atoms with E-state index >= 15 is 4.79 Å². The molecule has 1 saturated carbocycles. The number of carbonyl (C=O) groups excluding carboxylic acids is 2. The summed E-state index contributed by atoms with van der Waals surface area (Å²) >= 11 is 0. The quantitative estimate of drug-likeness (QED) is 0.215. The second-order valence-corrected chi connectivity index (χ2v) is 10.6. The molecule has 0 bridgehead atoms. The highest BCUT2D eigenvalue weighted by molar-refractivity contribution is 6.10. The highest BCUT2D eigenvalue weighted by atomic mass is 16.5. The van der Waals surface area contributed by atoms with Crippen LogP contribution < -0.4 is 24.3 Å². The second kappa shape index (κ2) is 11.1. The van der Waals surface area contributed by atoms with Gasteiger partial charge in [0, 0.05) is 18.7 Å². The molecule has 4 atom stereocenters. The van der Waals surface area contributed by atoms with Crippen LogP contribution in [0.5, 0.6) is 23.0 Å². The van der Waals surface area contributed by atoms with Crippen LogP contribution in [0.25, 0.3) is 0 Å². The molecule has 4 aromatic carbocycles. The van der Waals surface area contributed by atoms with Gasteiger partial charge >= 0.3 is 5.97 Å². The molecule has 0 saturated heterocycles. The van der Waals surface area contributed by atoms with Gasteiger partial charge in [0.05, 0.1) is 39.9 Å². The van der Waals surface area contributed by atoms with Gasteiger partial charge in [-0.3, -0.25) is 14.9 Å². The molecule has 1 fully saturated rings. The Kier molecular flexibility index (Phi) is 7.31. The van der Waals surface area contributed by atoms with E-state index in [0.717, 1.165) is 11.1 Å². The van der Waals surface area contributed by atoms with Crippen LogP contribution in [-0.4, -0.2) is 40.2 Å². The summed E-state index contributed by atoms with van der Waals surface area (Å²) in [5.41, 5.74) is -0.146. The normalized spacial score (nSPS) is 23.6. The van der Waals surface area contributed by atoms with Gasteiger partial charge in [0.25, 0.3) is 0 Å². The molecular weight excluding hydrogens is 546 g/mol. The van der Waals surface area contributed by atoms with Crippen LogP contribution >= 0.6 is 0 Å². The minimum Gasteiger partial charge on any atom is -0.497 e. The van der Waals surface area contributed by atoms with Crippen LogP contribution in [0.4, 0.5) is 0 Å². The Hall–Kier alpha value is -4.82. The third kappa shape index (κ3) is 4.16. The van der Waals surface area contributed by atoms with Crippen molar-refractivity contribution in [2.45, 2.75) is 23.6 Å². The fourth-order valence-electron chi connectivity index (χ4n) is 6.84. The van der Waals surface area contributed by atoms with Gasteiger partial charge in [0.1, 0.15) is 28.9 Å². The third-order valence-electron chi connectivity index (χ3n) is 8.65. The number of hydrogen-bond donors (Lipinski definition) is 1. The molecule has 0 radical (unpaired) electrons. The zero-order valence-corrected chi connectivity index (χ0v) is 24.5. The fraction of sp³-hybridized carbons (Fsp3) is 0.257. The lowest BCUT2D eigenvalue weighted by Crippen LogP contribution is -2.59. The van der Waals surface area contributed by atoms with Crippen molar-refractivity contribution in [1.82, 2.24) is 5.32 Å². The predicted molar refractivity (Wildman–Crippen MR) is 160 cm³/mol. The zero-order chi connectivity index (χ0) is 30.2. The Bertz CT molecular complexity index is 1640. The molecule has 4 aromatic rings. The zero-order valence-electron chi connectivity index (χ0n) is 24.5. The van der Waals surface area contributed by atoms with Crippen LogP contribution in [-0.2, 0) is 32.0 Å². The number of fused-ring (bicyclic) bond motifs is 3. The highest BCUT2D eigenvalue weighted by Gasteiger charge is 2.78. The first kappa shape index (κ1) is 28.3. The highest BCUT2D eigenvalue weighted by Crippen LogP contribution is 2.69. The molecule has 1 aliphatic carbocycles. The third-order valence-corrected chi connectivity index (χ3v) is 8.65. The van der Waals surface area contributed by atoms with Crippen molar-refractivity contribution in [2.75, 3.05) is 28.4 Å². The number of methoxy groups -OCH3 is 4. The van der Waals surface area contributed by atoms with E-state index in [4.69, 9.17) is 23.7 Å². The van der Waals surface area contributed by atoms with Crippen molar-refractivity contribution in [3.63, 3.8) is 0 Å². The Morgan fingerprint density at radius 3 is 2.07 bits per heavy atom. The summed E-state index contributed by atoms with van der Waals surface area (Å²) in [6.07, 6.45) is 0. The monoisotopic (exact) mass is 579 g/mol. The molecule has 8 nitrogen and oxygen atoms in total. The van der Waals surface area contributed by atoms with E-state index in [1.807, 2.05) is 84.9 Å². The summed E-state index contributed by atoms with van der Waals surface area (Å²) in [5.74, 6) is -1.02. The second-order valence-electron chi connectivity index (χ2n) is 10.6. The van der Waals surface area contributed by atoms with E-state index in [9.17, 15) is 4.79 Å². The first-order chi connectivity index (χ1) is 20.9. The van der Waals surface area contributed by atoms with Crippen molar-refractivity contribution in [3.8, 4) is 23.0 Å². The molecule has 0 unspecified atom stereocenters. The SMILES string of the molecule is COC(=O)[C@H]1C(=O)[C@@]2(NCc3ccccc3)c3c(OC)cc(OC)cc3O[C@@]2(c2ccc(OC)cc2)[C@@H]1c1ccccc1. The average molecular weight is 580 g/mol. The lowest BCUT2D eigenvalue weighted by Gasteiger charge is -2.42. The summed E-state index contributed by atoms with van der Waals surface area (Å²) in [7, 11) is 6.00. The molecule has 1 N–H and O–H groups in total. The van der Waals surface area contributed by atoms with Gasteiger partial charge in [-0.25, -0.2) is 0 Å². The summed E-state index contributed by atoms with van der Waals surface area (Å²) in [5, 5.41) is 3.63. The molecule has 2 aliphatic rings. The van der Waals surface area contributed by atoms with Crippen molar-refractivity contribution < 1.29 is 33.3 Å². The van der Waals surface area contributed by atoms with Crippen LogP contribution in [0.3, 0.4) is 0 Å². The van der Waals surface area contributed by atoms with Crippen LogP contribution in [0.1, 0.15) is 28.2 Å². The lowest BCUT2D eigenvalue weighted by molar-refractivity contribution is -0.149. The minimum atomic E-state index is -1.58. The van der Waals surface area contributed by atoms with E-state index in [0.29, 0.717) is 40.7 Å².